The predicted octanol–water partition coefficient (Wildman–Crippen LogP) is 1.21. The molecule has 0 spiro atoms. The summed E-state index contributed by atoms with van der Waals surface area (Å²) in [6, 6.07) is 3.10. The maximum atomic E-state index is 11.5. The summed E-state index contributed by atoms with van der Waals surface area (Å²) >= 11 is 0. The fourth-order valence-electron chi connectivity index (χ4n) is 2.38. The Hall–Kier alpha value is -1.31. The Balaban J connectivity index is 2.17. The van der Waals surface area contributed by atoms with Crippen molar-refractivity contribution in [3.8, 4) is 0 Å². The van der Waals surface area contributed by atoms with Crippen LogP contribution in [0.1, 0.15) is 24.8 Å². The van der Waals surface area contributed by atoms with Gasteiger partial charge in [-0.25, -0.2) is 13.6 Å². The van der Waals surface area contributed by atoms with E-state index >= 15 is 0 Å². The molecule has 7 heteroatoms. The average Bonchev–Trinajstić information content (AvgIpc) is 2.39. The summed E-state index contributed by atoms with van der Waals surface area (Å²) in [5, 5.41) is 8.41. The van der Waals surface area contributed by atoms with Gasteiger partial charge in [0.1, 0.15) is 0 Å². The molecular formula is C13H21N3O3S. The van der Waals surface area contributed by atoms with E-state index in [2.05, 4.69) is 5.32 Å². The molecule has 0 amide bonds. The summed E-state index contributed by atoms with van der Waals surface area (Å²) in [5.41, 5.74) is 7.37. The molecule has 1 atom stereocenters. The standard InChI is InChI=1S/C13H21N3O3S/c1-9-12(16-8-11-4-2-3-5-19-11)6-10(14)7-13(9)20(15,17)18/h6-7,11,16H,2-5,8,14H2,1H3,(H2,15,17,18). The summed E-state index contributed by atoms with van der Waals surface area (Å²) in [5.74, 6) is 0. The summed E-state index contributed by atoms with van der Waals surface area (Å²) in [6.45, 7) is 3.13. The van der Waals surface area contributed by atoms with Crippen LogP contribution < -0.4 is 16.2 Å². The number of anilines is 2. The summed E-state index contributed by atoms with van der Waals surface area (Å²) < 4.78 is 28.7. The number of rotatable bonds is 4. The lowest BCUT2D eigenvalue weighted by molar-refractivity contribution is 0.0247. The number of ether oxygens (including phenoxy) is 1. The third kappa shape index (κ3) is 3.62. The molecule has 1 aromatic rings. The Kier molecular flexibility index (Phi) is 4.52. The van der Waals surface area contributed by atoms with E-state index in [-0.39, 0.29) is 11.0 Å². The molecule has 0 radical (unpaired) electrons. The molecule has 20 heavy (non-hydrogen) atoms. The lowest BCUT2D eigenvalue weighted by atomic mass is 10.1. The highest BCUT2D eigenvalue weighted by Gasteiger charge is 2.17. The molecule has 5 N–H and O–H groups in total. The third-order valence-electron chi connectivity index (χ3n) is 3.48. The molecule has 6 nitrogen and oxygen atoms in total. The monoisotopic (exact) mass is 299 g/mol. The van der Waals surface area contributed by atoms with Gasteiger partial charge in [-0.15, -0.1) is 0 Å². The molecule has 1 unspecified atom stereocenters. The first kappa shape index (κ1) is 15.1. The molecule has 2 rings (SSSR count). The van der Waals surface area contributed by atoms with Crippen LogP contribution in [0.15, 0.2) is 17.0 Å². The molecule has 1 heterocycles. The second-order valence-corrected chi connectivity index (χ2v) is 6.64. The van der Waals surface area contributed by atoms with Gasteiger partial charge in [0.2, 0.25) is 10.0 Å². The summed E-state index contributed by atoms with van der Waals surface area (Å²) in [4.78, 5) is 0.0598. The lowest BCUT2D eigenvalue weighted by Gasteiger charge is -2.24. The first-order valence-corrected chi connectivity index (χ1v) is 8.21. The van der Waals surface area contributed by atoms with E-state index in [1.807, 2.05) is 0 Å². The van der Waals surface area contributed by atoms with Crippen molar-refractivity contribution in [1.29, 1.82) is 0 Å². The molecule has 0 aromatic heterocycles. The van der Waals surface area contributed by atoms with Crippen LogP contribution >= 0.6 is 0 Å². The van der Waals surface area contributed by atoms with Crippen molar-refractivity contribution in [1.82, 2.24) is 0 Å². The van der Waals surface area contributed by atoms with E-state index in [0.29, 0.717) is 23.5 Å². The molecule has 1 aliphatic rings. The largest absolute Gasteiger partial charge is 0.399 e. The van der Waals surface area contributed by atoms with E-state index in [1.165, 1.54) is 6.07 Å². The van der Waals surface area contributed by atoms with Gasteiger partial charge in [-0.3, -0.25) is 0 Å². The fraction of sp³-hybridized carbons (Fsp3) is 0.538. The van der Waals surface area contributed by atoms with Gasteiger partial charge in [0.25, 0.3) is 0 Å². The van der Waals surface area contributed by atoms with Crippen molar-refractivity contribution in [3.05, 3.63) is 17.7 Å². The normalized spacial score (nSPS) is 19.8. The Morgan fingerprint density at radius 2 is 2.15 bits per heavy atom. The van der Waals surface area contributed by atoms with Crippen LogP contribution in [-0.2, 0) is 14.8 Å². The van der Waals surface area contributed by atoms with Crippen LogP contribution in [-0.4, -0.2) is 27.7 Å². The smallest absolute Gasteiger partial charge is 0.238 e. The van der Waals surface area contributed by atoms with Gasteiger partial charge in [0.05, 0.1) is 11.0 Å². The number of nitrogens with one attached hydrogen (secondary N) is 1. The van der Waals surface area contributed by atoms with Gasteiger partial charge < -0.3 is 15.8 Å². The predicted molar refractivity (Wildman–Crippen MR) is 79.0 cm³/mol. The van der Waals surface area contributed by atoms with Crippen LogP contribution in [0.25, 0.3) is 0 Å². The zero-order valence-electron chi connectivity index (χ0n) is 11.6. The molecule has 1 fully saturated rings. The molecule has 0 bridgehead atoms. The zero-order valence-corrected chi connectivity index (χ0v) is 12.4. The Morgan fingerprint density at radius 1 is 1.40 bits per heavy atom. The topological polar surface area (TPSA) is 107 Å². The fourth-order valence-corrected chi connectivity index (χ4v) is 3.22. The van der Waals surface area contributed by atoms with E-state index in [1.54, 1.807) is 13.0 Å². The van der Waals surface area contributed by atoms with Crippen molar-refractivity contribution in [3.63, 3.8) is 0 Å². The van der Waals surface area contributed by atoms with Gasteiger partial charge in [0.15, 0.2) is 0 Å². The van der Waals surface area contributed by atoms with Crippen LogP contribution in [0.3, 0.4) is 0 Å². The number of nitrogens with two attached hydrogens (primary N) is 2. The molecule has 1 aromatic carbocycles. The molecule has 112 valence electrons. The van der Waals surface area contributed by atoms with Crippen molar-refractivity contribution < 1.29 is 13.2 Å². The number of primary sulfonamides is 1. The number of benzene rings is 1. The first-order chi connectivity index (χ1) is 9.38. The number of nitrogen functional groups attached to an aromatic ring is 1. The maximum absolute atomic E-state index is 11.5. The van der Waals surface area contributed by atoms with Gasteiger partial charge >= 0.3 is 0 Å². The quantitative estimate of drug-likeness (QED) is 0.724. The minimum Gasteiger partial charge on any atom is -0.399 e. The molecule has 0 aliphatic carbocycles. The minimum absolute atomic E-state index is 0.0598. The summed E-state index contributed by atoms with van der Waals surface area (Å²) in [6.07, 6.45) is 3.42. The van der Waals surface area contributed by atoms with Crippen molar-refractivity contribution in [2.75, 3.05) is 24.2 Å². The minimum atomic E-state index is -3.77. The van der Waals surface area contributed by atoms with Gasteiger partial charge in [-0.2, -0.15) is 0 Å². The van der Waals surface area contributed by atoms with Crippen LogP contribution in [0.5, 0.6) is 0 Å². The number of hydrogen-bond donors (Lipinski definition) is 3. The number of hydrogen-bond acceptors (Lipinski definition) is 5. The molecule has 0 saturated carbocycles. The van der Waals surface area contributed by atoms with Crippen molar-refractivity contribution in [2.24, 2.45) is 5.14 Å². The van der Waals surface area contributed by atoms with Crippen molar-refractivity contribution >= 4 is 21.4 Å². The Labute approximate surface area is 119 Å². The highest BCUT2D eigenvalue weighted by Crippen LogP contribution is 2.26. The summed E-state index contributed by atoms with van der Waals surface area (Å²) in [7, 11) is -3.77. The van der Waals surface area contributed by atoms with Gasteiger partial charge in [-0.1, -0.05) is 0 Å². The maximum Gasteiger partial charge on any atom is 0.238 e. The Bertz CT molecular complexity index is 581. The Morgan fingerprint density at radius 3 is 2.75 bits per heavy atom. The SMILES string of the molecule is Cc1c(NCC2CCCCO2)cc(N)cc1S(N)(=O)=O. The average molecular weight is 299 g/mol. The van der Waals surface area contributed by atoms with E-state index < -0.39 is 10.0 Å². The van der Waals surface area contributed by atoms with Crippen molar-refractivity contribution in [2.45, 2.75) is 37.2 Å². The van der Waals surface area contributed by atoms with E-state index in [9.17, 15) is 8.42 Å². The lowest BCUT2D eigenvalue weighted by Crippen LogP contribution is -2.27. The van der Waals surface area contributed by atoms with Gasteiger partial charge in [0, 0.05) is 24.5 Å². The highest BCUT2D eigenvalue weighted by molar-refractivity contribution is 7.89. The van der Waals surface area contributed by atoms with E-state index in [4.69, 9.17) is 15.6 Å². The second-order valence-electron chi connectivity index (χ2n) is 5.11. The second kappa shape index (κ2) is 5.99. The molecule has 1 saturated heterocycles. The van der Waals surface area contributed by atoms with Crippen LogP contribution in [0, 0.1) is 6.92 Å². The van der Waals surface area contributed by atoms with E-state index in [0.717, 1.165) is 25.9 Å². The first-order valence-electron chi connectivity index (χ1n) is 6.66. The number of sulfonamides is 1. The third-order valence-corrected chi connectivity index (χ3v) is 4.52. The van der Waals surface area contributed by atoms with Gasteiger partial charge in [-0.05, 0) is 43.9 Å². The molecular weight excluding hydrogens is 278 g/mol. The zero-order chi connectivity index (χ0) is 14.8. The van der Waals surface area contributed by atoms with Crippen LogP contribution in [0.4, 0.5) is 11.4 Å². The van der Waals surface area contributed by atoms with Crippen LogP contribution in [0.2, 0.25) is 0 Å². The molecule has 1 aliphatic heterocycles. The highest BCUT2D eigenvalue weighted by atomic mass is 32.2.